The number of hydrogen-bond donors (Lipinski definition) is 1. The van der Waals surface area contributed by atoms with Gasteiger partial charge >= 0.3 is 0 Å². The molecule has 1 N–H and O–H groups in total. The van der Waals surface area contributed by atoms with Crippen LogP contribution in [0.25, 0.3) is 0 Å². The van der Waals surface area contributed by atoms with E-state index in [4.69, 9.17) is 9.26 Å². The van der Waals surface area contributed by atoms with E-state index in [0.29, 0.717) is 44.3 Å². The zero-order valence-corrected chi connectivity index (χ0v) is 9.19. The Balaban J connectivity index is 1.67. The number of hydrogen-bond acceptors (Lipinski definition) is 5. The highest BCUT2D eigenvalue weighted by Gasteiger charge is 2.34. The largest absolute Gasteiger partial charge is 0.389 e. The van der Waals surface area contributed by atoms with E-state index >= 15 is 0 Å². The third-order valence-corrected chi connectivity index (χ3v) is 3.33. The molecule has 0 bridgehead atoms. The molecule has 1 aliphatic heterocycles. The maximum Gasteiger partial charge on any atom is 0.229 e. The molecule has 2 fully saturated rings. The van der Waals surface area contributed by atoms with Crippen LogP contribution in [0.5, 0.6) is 0 Å². The minimum Gasteiger partial charge on any atom is -0.389 e. The molecular formula is C11H16N2O3. The average Bonchev–Trinajstić information content (AvgIpc) is 3.02. The molecule has 0 aromatic carbocycles. The van der Waals surface area contributed by atoms with Crippen molar-refractivity contribution < 1.29 is 14.4 Å². The van der Waals surface area contributed by atoms with Crippen LogP contribution in [0, 0.1) is 0 Å². The molecule has 1 saturated heterocycles. The van der Waals surface area contributed by atoms with Crippen LogP contribution in [0.1, 0.15) is 43.3 Å². The Kier molecular flexibility index (Phi) is 2.44. The molecule has 0 spiro atoms. The van der Waals surface area contributed by atoms with Gasteiger partial charge in [0.15, 0.2) is 5.82 Å². The Labute approximate surface area is 93.8 Å². The van der Waals surface area contributed by atoms with Crippen molar-refractivity contribution in [2.24, 2.45) is 0 Å². The normalized spacial score (nSPS) is 24.6. The van der Waals surface area contributed by atoms with Crippen molar-refractivity contribution in [1.82, 2.24) is 10.1 Å². The Morgan fingerprint density at radius 1 is 1.31 bits per heavy atom. The van der Waals surface area contributed by atoms with Crippen molar-refractivity contribution in [1.29, 1.82) is 0 Å². The summed E-state index contributed by atoms with van der Waals surface area (Å²) in [4.78, 5) is 4.33. The molecule has 0 unspecified atom stereocenters. The second-order valence-corrected chi connectivity index (χ2v) is 4.83. The van der Waals surface area contributed by atoms with Gasteiger partial charge in [0.1, 0.15) is 0 Å². The summed E-state index contributed by atoms with van der Waals surface area (Å²) >= 11 is 0. The smallest absolute Gasteiger partial charge is 0.229 e. The lowest BCUT2D eigenvalue weighted by Crippen LogP contribution is -2.38. The van der Waals surface area contributed by atoms with Gasteiger partial charge in [-0.1, -0.05) is 5.16 Å². The van der Waals surface area contributed by atoms with E-state index in [1.54, 1.807) is 0 Å². The number of aliphatic hydroxyl groups is 1. The van der Waals surface area contributed by atoms with Crippen molar-refractivity contribution in [2.75, 3.05) is 13.2 Å². The summed E-state index contributed by atoms with van der Waals surface area (Å²) in [6, 6.07) is 0. The fourth-order valence-electron chi connectivity index (χ4n) is 2.06. The molecule has 1 aromatic rings. The molecule has 0 amide bonds. The summed E-state index contributed by atoms with van der Waals surface area (Å²) in [5, 5.41) is 14.2. The SMILES string of the molecule is OC1(Cc2nc(C3CC3)no2)CCOCC1. The predicted octanol–water partition coefficient (Wildman–Crippen LogP) is 1.03. The highest BCUT2D eigenvalue weighted by atomic mass is 16.5. The minimum absolute atomic E-state index is 0.454. The monoisotopic (exact) mass is 224 g/mol. The fraction of sp³-hybridized carbons (Fsp3) is 0.818. The van der Waals surface area contributed by atoms with E-state index in [1.807, 2.05) is 0 Å². The molecule has 0 atom stereocenters. The van der Waals surface area contributed by atoms with Gasteiger partial charge in [-0.05, 0) is 12.8 Å². The van der Waals surface area contributed by atoms with Gasteiger partial charge in [0, 0.05) is 32.0 Å². The summed E-state index contributed by atoms with van der Waals surface area (Å²) in [6.07, 6.45) is 4.08. The van der Waals surface area contributed by atoms with E-state index in [1.165, 1.54) is 0 Å². The molecule has 2 heterocycles. The van der Waals surface area contributed by atoms with Crippen LogP contribution in [0.15, 0.2) is 4.52 Å². The number of rotatable bonds is 3. The molecule has 5 nitrogen and oxygen atoms in total. The molecule has 5 heteroatoms. The molecule has 1 aliphatic carbocycles. The zero-order chi connectivity index (χ0) is 11.0. The maximum atomic E-state index is 10.3. The van der Waals surface area contributed by atoms with Crippen LogP contribution < -0.4 is 0 Å². The van der Waals surface area contributed by atoms with Gasteiger partial charge in [0.05, 0.1) is 12.0 Å². The van der Waals surface area contributed by atoms with Crippen LogP contribution >= 0.6 is 0 Å². The Morgan fingerprint density at radius 3 is 2.75 bits per heavy atom. The summed E-state index contributed by atoms with van der Waals surface area (Å²) in [6.45, 7) is 1.22. The predicted molar refractivity (Wildman–Crippen MR) is 55.0 cm³/mol. The molecular weight excluding hydrogens is 208 g/mol. The number of ether oxygens (including phenoxy) is 1. The highest BCUT2D eigenvalue weighted by molar-refractivity contribution is 5.04. The van der Waals surface area contributed by atoms with Gasteiger partial charge in [-0.2, -0.15) is 4.98 Å². The van der Waals surface area contributed by atoms with Crippen molar-refractivity contribution in [3.05, 3.63) is 11.7 Å². The van der Waals surface area contributed by atoms with E-state index in [2.05, 4.69) is 10.1 Å². The third kappa shape index (κ3) is 2.10. The summed E-state index contributed by atoms with van der Waals surface area (Å²) in [7, 11) is 0. The summed E-state index contributed by atoms with van der Waals surface area (Å²) < 4.78 is 10.4. The van der Waals surface area contributed by atoms with E-state index in [0.717, 1.165) is 18.7 Å². The topological polar surface area (TPSA) is 68.4 Å². The fourth-order valence-corrected chi connectivity index (χ4v) is 2.06. The minimum atomic E-state index is -0.717. The van der Waals surface area contributed by atoms with E-state index in [9.17, 15) is 5.11 Å². The van der Waals surface area contributed by atoms with Gasteiger partial charge in [-0.3, -0.25) is 0 Å². The van der Waals surface area contributed by atoms with Gasteiger partial charge in [0.25, 0.3) is 0 Å². The summed E-state index contributed by atoms with van der Waals surface area (Å²) in [5.74, 6) is 1.87. The first-order valence-corrected chi connectivity index (χ1v) is 5.88. The second kappa shape index (κ2) is 3.82. The lowest BCUT2D eigenvalue weighted by molar-refractivity contribution is -0.0660. The van der Waals surface area contributed by atoms with Crippen molar-refractivity contribution >= 4 is 0 Å². The van der Waals surface area contributed by atoms with Crippen LogP contribution in [0.2, 0.25) is 0 Å². The van der Waals surface area contributed by atoms with Crippen molar-refractivity contribution in [3.8, 4) is 0 Å². The van der Waals surface area contributed by atoms with Crippen molar-refractivity contribution in [2.45, 2.75) is 43.6 Å². The molecule has 2 aliphatic rings. The van der Waals surface area contributed by atoms with Gasteiger partial charge in [-0.25, -0.2) is 0 Å². The Bertz CT molecular complexity index is 367. The molecule has 1 saturated carbocycles. The van der Waals surface area contributed by atoms with Crippen molar-refractivity contribution in [3.63, 3.8) is 0 Å². The maximum absolute atomic E-state index is 10.3. The molecule has 1 aromatic heterocycles. The van der Waals surface area contributed by atoms with Gasteiger partial charge < -0.3 is 14.4 Å². The molecule has 16 heavy (non-hydrogen) atoms. The molecule has 0 radical (unpaired) electrons. The van der Waals surface area contributed by atoms with Gasteiger partial charge in [0.2, 0.25) is 5.89 Å². The first-order valence-electron chi connectivity index (χ1n) is 5.88. The lowest BCUT2D eigenvalue weighted by Gasteiger charge is -2.30. The van der Waals surface area contributed by atoms with E-state index < -0.39 is 5.60 Å². The van der Waals surface area contributed by atoms with Gasteiger partial charge in [-0.15, -0.1) is 0 Å². The number of aromatic nitrogens is 2. The number of nitrogens with zero attached hydrogens (tertiary/aromatic N) is 2. The standard InChI is InChI=1S/C11H16N2O3/c14-11(3-5-15-6-4-11)7-9-12-10(13-16-9)8-1-2-8/h8,14H,1-7H2. The van der Waals surface area contributed by atoms with Crippen LogP contribution in [-0.2, 0) is 11.2 Å². The third-order valence-electron chi connectivity index (χ3n) is 3.33. The second-order valence-electron chi connectivity index (χ2n) is 4.83. The quantitative estimate of drug-likeness (QED) is 0.830. The van der Waals surface area contributed by atoms with E-state index in [-0.39, 0.29) is 0 Å². The molecule has 88 valence electrons. The lowest BCUT2D eigenvalue weighted by atomic mass is 9.91. The Morgan fingerprint density at radius 2 is 2.06 bits per heavy atom. The Hall–Kier alpha value is -0.940. The average molecular weight is 224 g/mol. The van der Waals surface area contributed by atoms with Crippen LogP contribution in [0.4, 0.5) is 0 Å². The van der Waals surface area contributed by atoms with Crippen LogP contribution in [0.3, 0.4) is 0 Å². The molecule has 3 rings (SSSR count). The summed E-state index contributed by atoms with van der Waals surface area (Å²) in [5.41, 5.74) is -0.717. The highest BCUT2D eigenvalue weighted by Crippen LogP contribution is 2.38. The first-order chi connectivity index (χ1) is 7.75. The zero-order valence-electron chi connectivity index (χ0n) is 9.19. The van der Waals surface area contributed by atoms with Crippen LogP contribution in [-0.4, -0.2) is 34.1 Å². The first kappa shape index (κ1) is 10.2.